The molecule has 0 amide bonds. The fourth-order valence-electron chi connectivity index (χ4n) is 0. The minimum atomic E-state index is -6.06. The van der Waals surface area contributed by atoms with Crippen LogP contribution in [0.1, 0.15) is 13.8 Å². The van der Waals surface area contributed by atoms with Crippen molar-refractivity contribution in [2.75, 3.05) is 0 Å². The number of Topliss-reactive ketones (excluding diaryl/α,β-unsaturated/α-hetero) is 1. The Morgan fingerprint density at radius 1 is 0.833 bits per heavy atom. The molecule has 0 aliphatic carbocycles. The van der Waals surface area contributed by atoms with Gasteiger partial charge in [0.15, 0.2) is 0 Å². The summed E-state index contributed by atoms with van der Waals surface area (Å²) in [6, 6.07) is 0. The van der Waals surface area contributed by atoms with Crippen LogP contribution in [0, 0.1) is 0 Å². The SMILES string of the molecule is CC(C)=O.FC(F)(F)C(F)(F)F. The van der Waals surface area contributed by atoms with Gasteiger partial charge in [0.05, 0.1) is 0 Å². The molecular weight excluding hydrogens is 190 g/mol. The first-order valence-electron chi connectivity index (χ1n) is 2.59. The van der Waals surface area contributed by atoms with Crippen LogP contribution in [0.25, 0.3) is 0 Å². The van der Waals surface area contributed by atoms with E-state index in [2.05, 4.69) is 0 Å². The molecule has 0 aliphatic rings. The van der Waals surface area contributed by atoms with E-state index >= 15 is 0 Å². The fourth-order valence-corrected chi connectivity index (χ4v) is 0. The molecule has 0 saturated carbocycles. The van der Waals surface area contributed by atoms with Crippen molar-refractivity contribution < 1.29 is 31.1 Å². The number of ketones is 1. The standard InChI is InChI=1S/C3H6O.C2F6/c1-3(2)4;3-1(4,5)2(6,7)8/h1-2H3;. The predicted octanol–water partition coefficient (Wildman–Crippen LogP) is 2.71. The number of alkyl halides is 6. The molecule has 0 spiro atoms. The number of hydrogen-bond donors (Lipinski definition) is 0. The maximum Gasteiger partial charge on any atom is 0.487 e. The van der Waals surface area contributed by atoms with Crippen molar-refractivity contribution in [1.82, 2.24) is 0 Å². The molecular formula is C5H6F6O. The summed E-state index contributed by atoms with van der Waals surface area (Å²) in [7, 11) is 0. The molecule has 12 heavy (non-hydrogen) atoms. The van der Waals surface area contributed by atoms with Crippen molar-refractivity contribution >= 4 is 5.78 Å². The van der Waals surface area contributed by atoms with Crippen molar-refractivity contribution in [3.63, 3.8) is 0 Å². The molecule has 0 atom stereocenters. The summed E-state index contributed by atoms with van der Waals surface area (Å²) in [5.41, 5.74) is 0. The van der Waals surface area contributed by atoms with Crippen LogP contribution in [0.2, 0.25) is 0 Å². The van der Waals surface area contributed by atoms with Crippen molar-refractivity contribution in [1.29, 1.82) is 0 Å². The molecule has 0 radical (unpaired) electrons. The summed E-state index contributed by atoms with van der Waals surface area (Å²) < 4.78 is 62.6. The Labute approximate surface area is 64.4 Å². The lowest BCUT2D eigenvalue weighted by atomic mass is 10.6. The molecule has 0 bridgehead atoms. The van der Waals surface area contributed by atoms with Crippen LogP contribution < -0.4 is 0 Å². The van der Waals surface area contributed by atoms with Gasteiger partial charge in [0, 0.05) is 0 Å². The number of hydrogen-bond acceptors (Lipinski definition) is 1. The molecule has 0 aromatic rings. The molecule has 0 rings (SSSR count). The molecule has 0 N–H and O–H groups in total. The molecule has 0 saturated heterocycles. The van der Waals surface area contributed by atoms with E-state index in [-0.39, 0.29) is 5.78 Å². The Hall–Kier alpha value is -0.750. The summed E-state index contributed by atoms with van der Waals surface area (Å²) in [4.78, 5) is 9.44. The van der Waals surface area contributed by atoms with Gasteiger partial charge in [-0.25, -0.2) is 0 Å². The molecule has 0 aromatic heterocycles. The van der Waals surface area contributed by atoms with Crippen molar-refractivity contribution in [3.05, 3.63) is 0 Å². The normalized spacial score (nSPS) is 11.7. The Morgan fingerprint density at radius 3 is 0.917 bits per heavy atom. The zero-order valence-electron chi connectivity index (χ0n) is 6.18. The van der Waals surface area contributed by atoms with Gasteiger partial charge in [0.25, 0.3) is 0 Å². The highest BCUT2D eigenvalue weighted by Gasteiger charge is 2.58. The van der Waals surface area contributed by atoms with E-state index in [1.54, 1.807) is 0 Å². The molecule has 0 aliphatic heterocycles. The zero-order chi connectivity index (χ0) is 10.6. The highest BCUT2D eigenvalue weighted by atomic mass is 19.5. The lowest BCUT2D eigenvalue weighted by Crippen LogP contribution is -2.30. The molecule has 0 aromatic carbocycles. The second kappa shape index (κ2) is 4.32. The van der Waals surface area contributed by atoms with Crippen LogP contribution in [0.15, 0.2) is 0 Å². The maximum atomic E-state index is 10.4. The van der Waals surface area contributed by atoms with Gasteiger partial charge >= 0.3 is 12.4 Å². The van der Waals surface area contributed by atoms with Gasteiger partial charge in [-0.15, -0.1) is 0 Å². The lowest BCUT2D eigenvalue weighted by Gasteiger charge is -2.08. The van der Waals surface area contributed by atoms with Crippen molar-refractivity contribution in [2.45, 2.75) is 26.2 Å². The quantitative estimate of drug-likeness (QED) is 0.544. The lowest BCUT2D eigenvalue weighted by molar-refractivity contribution is -0.339. The molecule has 1 nitrogen and oxygen atoms in total. The topological polar surface area (TPSA) is 17.1 Å². The van der Waals surface area contributed by atoms with Crippen LogP contribution in [-0.2, 0) is 4.79 Å². The monoisotopic (exact) mass is 196 g/mol. The number of halogens is 6. The second-order valence-corrected chi connectivity index (χ2v) is 1.90. The average Bonchev–Trinajstić information content (AvgIpc) is 1.55. The van der Waals surface area contributed by atoms with Gasteiger partial charge in [0.1, 0.15) is 5.78 Å². The maximum absolute atomic E-state index is 10.4. The van der Waals surface area contributed by atoms with E-state index < -0.39 is 12.4 Å². The van der Waals surface area contributed by atoms with Crippen LogP contribution in [0.3, 0.4) is 0 Å². The molecule has 0 unspecified atom stereocenters. The second-order valence-electron chi connectivity index (χ2n) is 1.90. The number of carbonyl (C=O) groups excluding carboxylic acids is 1. The Balaban J connectivity index is 0. The molecule has 0 fully saturated rings. The molecule has 7 heteroatoms. The number of carbonyl (C=O) groups is 1. The first-order chi connectivity index (χ1) is 4.98. The average molecular weight is 196 g/mol. The Morgan fingerprint density at radius 2 is 0.917 bits per heavy atom. The van der Waals surface area contributed by atoms with Gasteiger partial charge in [-0.1, -0.05) is 0 Å². The first kappa shape index (κ1) is 13.8. The van der Waals surface area contributed by atoms with E-state index in [0.29, 0.717) is 0 Å². The zero-order valence-corrected chi connectivity index (χ0v) is 6.18. The third-order valence-corrected chi connectivity index (χ3v) is 0.321. The summed E-state index contributed by atoms with van der Waals surface area (Å²) in [6.07, 6.45) is -12.1. The van der Waals surface area contributed by atoms with E-state index in [1.165, 1.54) is 13.8 Å². The predicted molar refractivity (Wildman–Crippen MR) is 28.5 cm³/mol. The van der Waals surface area contributed by atoms with E-state index in [1.807, 2.05) is 0 Å². The third-order valence-electron chi connectivity index (χ3n) is 0.321. The first-order valence-corrected chi connectivity index (χ1v) is 2.59. The fraction of sp³-hybridized carbons (Fsp3) is 0.800. The van der Waals surface area contributed by atoms with E-state index in [4.69, 9.17) is 0 Å². The molecule has 0 heterocycles. The van der Waals surface area contributed by atoms with Crippen LogP contribution in [0.5, 0.6) is 0 Å². The Kier molecular flexibility index (Phi) is 4.97. The van der Waals surface area contributed by atoms with E-state index in [9.17, 15) is 31.1 Å². The smallest absolute Gasteiger partial charge is 0.300 e. The summed E-state index contributed by atoms with van der Waals surface area (Å²) >= 11 is 0. The van der Waals surface area contributed by atoms with Gasteiger partial charge in [0.2, 0.25) is 0 Å². The van der Waals surface area contributed by atoms with Crippen LogP contribution >= 0.6 is 0 Å². The van der Waals surface area contributed by atoms with Gasteiger partial charge in [-0.05, 0) is 13.8 Å². The Bertz CT molecular complexity index is 127. The third kappa shape index (κ3) is 9.25. The van der Waals surface area contributed by atoms with Gasteiger partial charge in [-0.2, -0.15) is 26.3 Å². The van der Waals surface area contributed by atoms with Crippen LogP contribution in [-0.4, -0.2) is 18.1 Å². The minimum absolute atomic E-state index is 0.167. The van der Waals surface area contributed by atoms with Crippen molar-refractivity contribution in [2.24, 2.45) is 0 Å². The van der Waals surface area contributed by atoms with Crippen LogP contribution in [0.4, 0.5) is 26.3 Å². The van der Waals surface area contributed by atoms with E-state index in [0.717, 1.165) is 0 Å². The highest BCUT2D eigenvalue weighted by Crippen LogP contribution is 2.35. The van der Waals surface area contributed by atoms with Gasteiger partial charge < -0.3 is 4.79 Å². The summed E-state index contributed by atoms with van der Waals surface area (Å²) in [5.74, 6) is 0.167. The van der Waals surface area contributed by atoms with Gasteiger partial charge in [-0.3, -0.25) is 0 Å². The van der Waals surface area contributed by atoms with Crippen molar-refractivity contribution in [3.8, 4) is 0 Å². The summed E-state index contributed by atoms with van der Waals surface area (Å²) in [5, 5.41) is 0. The molecule has 74 valence electrons. The number of rotatable bonds is 0. The minimum Gasteiger partial charge on any atom is -0.300 e. The highest BCUT2D eigenvalue weighted by molar-refractivity contribution is 5.72. The largest absolute Gasteiger partial charge is 0.487 e. The summed E-state index contributed by atoms with van der Waals surface area (Å²) in [6.45, 7) is 3.06.